The van der Waals surface area contributed by atoms with E-state index in [1.54, 1.807) is 36.4 Å². The normalized spacial score (nSPS) is 9.92. The number of nitrogens with one attached hydrogen (secondary N) is 2. The van der Waals surface area contributed by atoms with E-state index in [9.17, 15) is 14.4 Å². The van der Waals surface area contributed by atoms with Crippen molar-refractivity contribution >= 4 is 29.2 Å². The quantitative estimate of drug-likeness (QED) is 0.643. The van der Waals surface area contributed by atoms with Crippen LogP contribution in [0.4, 0.5) is 0 Å². The summed E-state index contributed by atoms with van der Waals surface area (Å²) in [7, 11) is 0. The molecule has 0 spiro atoms. The van der Waals surface area contributed by atoms with Crippen LogP contribution in [0.3, 0.4) is 0 Å². The predicted octanol–water partition coefficient (Wildman–Crippen LogP) is 2.38. The van der Waals surface area contributed by atoms with Crippen molar-refractivity contribution in [2.45, 2.75) is 6.92 Å². The molecule has 0 aromatic heterocycles. The lowest BCUT2D eigenvalue weighted by Gasteiger charge is -2.10. The molecule has 124 valence electrons. The van der Waals surface area contributed by atoms with E-state index in [2.05, 4.69) is 10.9 Å². The van der Waals surface area contributed by atoms with Gasteiger partial charge in [-0.15, -0.1) is 0 Å². The highest BCUT2D eigenvalue weighted by Crippen LogP contribution is 2.14. The Balaban J connectivity index is 1.84. The fourth-order valence-corrected chi connectivity index (χ4v) is 2.05. The van der Waals surface area contributed by atoms with Crippen LogP contribution < -0.4 is 15.6 Å². The summed E-state index contributed by atoms with van der Waals surface area (Å²) in [6.45, 7) is 1.13. The highest BCUT2D eigenvalue weighted by Gasteiger charge is 2.11. The number of carbonyl (C=O) groups excluding carboxylic acids is 3. The number of amides is 2. The zero-order valence-corrected chi connectivity index (χ0v) is 13.6. The van der Waals surface area contributed by atoms with Gasteiger partial charge in [-0.25, -0.2) is 0 Å². The molecular formula is C17H15ClN2O4. The van der Waals surface area contributed by atoms with Crippen molar-refractivity contribution in [3.8, 4) is 5.75 Å². The SMILES string of the molecule is CC(=O)c1cccc(OCC(=O)NNC(=O)c2ccccc2Cl)c1. The van der Waals surface area contributed by atoms with E-state index in [4.69, 9.17) is 16.3 Å². The van der Waals surface area contributed by atoms with Crippen LogP contribution in [0.5, 0.6) is 5.75 Å². The Kier molecular flexibility index (Phi) is 5.92. The number of ketones is 1. The van der Waals surface area contributed by atoms with Crippen LogP contribution in [-0.2, 0) is 4.79 Å². The van der Waals surface area contributed by atoms with Crippen LogP contribution in [0.2, 0.25) is 5.02 Å². The molecule has 0 heterocycles. The van der Waals surface area contributed by atoms with Crippen molar-refractivity contribution in [1.82, 2.24) is 10.9 Å². The summed E-state index contributed by atoms with van der Waals surface area (Å²) in [5.41, 5.74) is 5.21. The van der Waals surface area contributed by atoms with Gasteiger partial charge in [-0.05, 0) is 31.2 Å². The van der Waals surface area contributed by atoms with Crippen molar-refractivity contribution in [3.05, 3.63) is 64.7 Å². The molecule has 2 aromatic rings. The predicted molar refractivity (Wildman–Crippen MR) is 89.0 cm³/mol. The molecule has 0 radical (unpaired) electrons. The maximum Gasteiger partial charge on any atom is 0.276 e. The Morgan fingerprint density at radius 1 is 1.04 bits per heavy atom. The highest BCUT2D eigenvalue weighted by molar-refractivity contribution is 6.33. The molecule has 0 fully saturated rings. The Bertz CT molecular complexity index is 777. The van der Waals surface area contributed by atoms with E-state index < -0.39 is 11.8 Å². The van der Waals surface area contributed by atoms with E-state index in [0.29, 0.717) is 11.3 Å². The van der Waals surface area contributed by atoms with Gasteiger partial charge in [-0.1, -0.05) is 35.9 Å². The van der Waals surface area contributed by atoms with Crippen LogP contribution >= 0.6 is 11.6 Å². The molecule has 24 heavy (non-hydrogen) atoms. The Labute approximate surface area is 143 Å². The first kappa shape index (κ1) is 17.5. The Hall–Kier alpha value is -2.86. The van der Waals surface area contributed by atoms with Gasteiger partial charge in [0.15, 0.2) is 12.4 Å². The number of halogens is 1. The number of rotatable bonds is 5. The molecule has 7 heteroatoms. The average molecular weight is 347 g/mol. The minimum absolute atomic E-state index is 0.100. The summed E-state index contributed by atoms with van der Waals surface area (Å²) < 4.78 is 5.28. The first-order valence-electron chi connectivity index (χ1n) is 7.05. The van der Waals surface area contributed by atoms with Gasteiger partial charge in [-0.2, -0.15) is 0 Å². The molecule has 0 unspecified atom stereocenters. The molecule has 0 saturated heterocycles. The van der Waals surface area contributed by atoms with E-state index in [1.807, 2.05) is 0 Å². The van der Waals surface area contributed by atoms with Crippen molar-refractivity contribution < 1.29 is 19.1 Å². The molecule has 6 nitrogen and oxygen atoms in total. The maximum atomic E-state index is 11.9. The molecule has 2 amide bonds. The zero-order chi connectivity index (χ0) is 17.5. The summed E-state index contributed by atoms with van der Waals surface area (Å²) in [5, 5.41) is 0.279. The lowest BCUT2D eigenvalue weighted by Crippen LogP contribution is -2.43. The molecule has 0 aliphatic carbocycles. The summed E-state index contributed by atoms with van der Waals surface area (Å²) >= 11 is 5.89. The standard InChI is InChI=1S/C17H15ClN2O4/c1-11(21)12-5-4-6-13(9-12)24-10-16(22)19-20-17(23)14-7-2-3-8-15(14)18/h2-9H,10H2,1H3,(H,19,22)(H,20,23). The van der Waals surface area contributed by atoms with Gasteiger partial charge in [0.25, 0.3) is 11.8 Å². The van der Waals surface area contributed by atoms with Crippen molar-refractivity contribution in [2.75, 3.05) is 6.61 Å². The second-order valence-electron chi connectivity index (χ2n) is 4.85. The number of hydrogen-bond donors (Lipinski definition) is 2. The van der Waals surface area contributed by atoms with Gasteiger partial charge in [0.05, 0.1) is 10.6 Å². The maximum absolute atomic E-state index is 11.9. The summed E-state index contributed by atoms with van der Waals surface area (Å²) in [5.74, 6) is -0.802. The van der Waals surface area contributed by atoms with Gasteiger partial charge in [-0.3, -0.25) is 25.2 Å². The summed E-state index contributed by atoms with van der Waals surface area (Å²) in [4.78, 5) is 34.9. The third-order valence-electron chi connectivity index (χ3n) is 3.04. The van der Waals surface area contributed by atoms with Gasteiger partial charge < -0.3 is 4.74 Å². The van der Waals surface area contributed by atoms with E-state index >= 15 is 0 Å². The lowest BCUT2D eigenvalue weighted by molar-refractivity contribution is -0.123. The number of benzene rings is 2. The topological polar surface area (TPSA) is 84.5 Å². The molecular weight excluding hydrogens is 332 g/mol. The van der Waals surface area contributed by atoms with Crippen LogP contribution in [0, 0.1) is 0 Å². The number of carbonyl (C=O) groups is 3. The number of hydrazine groups is 1. The highest BCUT2D eigenvalue weighted by atomic mass is 35.5. The lowest BCUT2D eigenvalue weighted by atomic mass is 10.1. The van der Waals surface area contributed by atoms with Crippen molar-refractivity contribution in [3.63, 3.8) is 0 Å². The monoisotopic (exact) mass is 346 g/mol. The van der Waals surface area contributed by atoms with Gasteiger partial charge >= 0.3 is 0 Å². The molecule has 0 saturated carbocycles. The molecule has 0 aliphatic rings. The molecule has 0 bridgehead atoms. The van der Waals surface area contributed by atoms with Gasteiger partial charge in [0.1, 0.15) is 5.75 Å². The average Bonchev–Trinajstić information content (AvgIpc) is 2.58. The van der Waals surface area contributed by atoms with Crippen LogP contribution in [0.25, 0.3) is 0 Å². The van der Waals surface area contributed by atoms with E-state index in [0.717, 1.165) is 0 Å². The number of ether oxygens (including phenoxy) is 1. The Morgan fingerprint density at radius 2 is 1.79 bits per heavy atom. The molecule has 2 aromatic carbocycles. The molecule has 0 aliphatic heterocycles. The third-order valence-corrected chi connectivity index (χ3v) is 3.37. The van der Waals surface area contributed by atoms with Crippen molar-refractivity contribution in [1.29, 1.82) is 0 Å². The minimum Gasteiger partial charge on any atom is -0.484 e. The molecule has 0 atom stereocenters. The second kappa shape index (κ2) is 8.12. The largest absolute Gasteiger partial charge is 0.484 e. The van der Waals surface area contributed by atoms with E-state index in [1.165, 1.54) is 19.1 Å². The van der Waals surface area contributed by atoms with Crippen molar-refractivity contribution in [2.24, 2.45) is 0 Å². The fraction of sp³-hybridized carbons (Fsp3) is 0.118. The minimum atomic E-state index is -0.552. The number of hydrogen-bond acceptors (Lipinski definition) is 4. The molecule has 2 rings (SSSR count). The van der Waals surface area contributed by atoms with Crippen LogP contribution in [0.1, 0.15) is 27.6 Å². The Morgan fingerprint density at radius 3 is 2.50 bits per heavy atom. The summed E-state index contributed by atoms with van der Waals surface area (Å²) in [6.07, 6.45) is 0. The smallest absolute Gasteiger partial charge is 0.276 e. The third kappa shape index (κ3) is 4.82. The fourth-order valence-electron chi connectivity index (χ4n) is 1.83. The van der Waals surface area contributed by atoms with Gasteiger partial charge in [0, 0.05) is 5.56 Å². The molecule has 2 N–H and O–H groups in total. The van der Waals surface area contributed by atoms with Crippen LogP contribution in [0.15, 0.2) is 48.5 Å². The zero-order valence-electron chi connectivity index (χ0n) is 12.8. The number of Topliss-reactive ketones (excluding diaryl/α,β-unsaturated/α-hetero) is 1. The van der Waals surface area contributed by atoms with E-state index in [-0.39, 0.29) is 23.0 Å². The first-order valence-corrected chi connectivity index (χ1v) is 7.42. The van der Waals surface area contributed by atoms with Crippen LogP contribution in [-0.4, -0.2) is 24.2 Å². The summed E-state index contributed by atoms with van der Waals surface area (Å²) in [6, 6.07) is 12.9. The van der Waals surface area contributed by atoms with Gasteiger partial charge in [0.2, 0.25) is 0 Å². The second-order valence-corrected chi connectivity index (χ2v) is 5.26. The first-order chi connectivity index (χ1) is 11.5.